The van der Waals surface area contributed by atoms with Crippen molar-refractivity contribution < 1.29 is 19.5 Å². The molecule has 2 aliphatic heterocycles. The number of nitrogens with zero attached hydrogens (tertiary/aromatic N) is 3. The van der Waals surface area contributed by atoms with Crippen LogP contribution in [0.2, 0.25) is 0 Å². The van der Waals surface area contributed by atoms with Crippen LogP contribution in [0.1, 0.15) is 36.3 Å². The molecule has 1 aromatic rings. The third-order valence-electron chi connectivity index (χ3n) is 5.34. The molecule has 0 aromatic carbocycles. The molecular weight excluding hydrogens is 360 g/mol. The Hall–Kier alpha value is -2.74. The second kappa shape index (κ2) is 7.35. The fourth-order valence-electron chi connectivity index (χ4n) is 3.94. The van der Waals surface area contributed by atoms with Gasteiger partial charge in [0.1, 0.15) is 6.04 Å². The Balaban J connectivity index is 1.76. The lowest BCUT2D eigenvalue weighted by Crippen LogP contribution is -2.57. The molecule has 1 aromatic heterocycles. The van der Waals surface area contributed by atoms with Gasteiger partial charge in [-0.1, -0.05) is 13.8 Å². The lowest BCUT2D eigenvalue weighted by Gasteiger charge is -2.40. The van der Waals surface area contributed by atoms with Gasteiger partial charge in [-0.3, -0.25) is 14.6 Å². The fourth-order valence-corrected chi connectivity index (χ4v) is 3.94. The van der Waals surface area contributed by atoms with Gasteiger partial charge in [0, 0.05) is 30.4 Å². The average Bonchev–Trinajstić information content (AvgIpc) is 2.87. The first kappa shape index (κ1) is 20.0. The van der Waals surface area contributed by atoms with Crippen molar-refractivity contribution in [2.75, 3.05) is 27.2 Å². The van der Waals surface area contributed by atoms with E-state index >= 15 is 0 Å². The summed E-state index contributed by atoms with van der Waals surface area (Å²) >= 11 is 0. The molecule has 2 fully saturated rings. The summed E-state index contributed by atoms with van der Waals surface area (Å²) in [4.78, 5) is 44.1. The maximum absolute atomic E-state index is 12.6. The molecule has 2 atom stereocenters. The molecule has 0 aliphatic carbocycles. The van der Waals surface area contributed by atoms with Gasteiger partial charge in [-0.2, -0.15) is 0 Å². The van der Waals surface area contributed by atoms with Crippen LogP contribution in [-0.4, -0.2) is 76.9 Å². The molecule has 0 spiro atoms. The molecule has 0 radical (unpaired) electrons. The SMILES string of the molecule is CN(C)CCNC(=O)c1ccnc(/C=C2/C(=O)N3C2CC(C)(C)[C@@H]3C(=O)O)c1. The summed E-state index contributed by atoms with van der Waals surface area (Å²) in [7, 11) is 3.86. The van der Waals surface area contributed by atoms with Gasteiger partial charge >= 0.3 is 5.97 Å². The van der Waals surface area contributed by atoms with Crippen LogP contribution in [0.3, 0.4) is 0 Å². The minimum absolute atomic E-state index is 0.196. The van der Waals surface area contributed by atoms with E-state index < -0.39 is 17.4 Å². The van der Waals surface area contributed by atoms with Crippen molar-refractivity contribution in [3.63, 3.8) is 0 Å². The van der Waals surface area contributed by atoms with Crippen molar-refractivity contribution in [2.24, 2.45) is 5.41 Å². The summed E-state index contributed by atoms with van der Waals surface area (Å²) in [6.45, 7) is 5.00. The molecule has 0 bridgehead atoms. The van der Waals surface area contributed by atoms with E-state index in [-0.39, 0.29) is 17.9 Å². The van der Waals surface area contributed by atoms with E-state index in [1.54, 1.807) is 18.2 Å². The highest BCUT2D eigenvalue weighted by Crippen LogP contribution is 2.49. The number of likely N-dealkylation sites (N-methyl/N-ethyl adjacent to an activating group) is 1. The first-order valence-electron chi connectivity index (χ1n) is 9.28. The number of carbonyl (C=O) groups is 3. The van der Waals surface area contributed by atoms with Crippen LogP contribution in [0, 0.1) is 5.41 Å². The van der Waals surface area contributed by atoms with E-state index in [1.807, 2.05) is 32.8 Å². The normalized spacial score (nSPS) is 24.2. The zero-order valence-electron chi connectivity index (χ0n) is 16.6. The second-order valence-corrected chi connectivity index (χ2v) is 8.29. The van der Waals surface area contributed by atoms with E-state index in [1.165, 1.54) is 11.1 Å². The number of pyridine rings is 1. The Labute approximate surface area is 164 Å². The van der Waals surface area contributed by atoms with Gasteiger partial charge in [0.05, 0.1) is 11.7 Å². The molecule has 2 saturated heterocycles. The number of amides is 2. The van der Waals surface area contributed by atoms with Gasteiger partial charge < -0.3 is 20.2 Å². The van der Waals surface area contributed by atoms with Crippen LogP contribution in [0.5, 0.6) is 0 Å². The standard InChI is InChI=1S/C20H26N4O4/c1-20(2)11-15-14(18(26)24(15)16(20)19(27)28)10-13-9-12(5-6-21-13)17(25)22-7-8-23(3)4/h5-6,9-10,15-16H,7-8,11H2,1-4H3,(H,22,25)(H,27,28)/b14-10+/t15?,16-/m0/s1. The Morgan fingerprint density at radius 3 is 2.79 bits per heavy atom. The van der Waals surface area contributed by atoms with E-state index in [0.717, 1.165) is 6.54 Å². The van der Waals surface area contributed by atoms with Crippen molar-refractivity contribution in [3.8, 4) is 0 Å². The Kier molecular flexibility index (Phi) is 5.25. The summed E-state index contributed by atoms with van der Waals surface area (Å²) in [5.74, 6) is -1.45. The van der Waals surface area contributed by atoms with Crippen molar-refractivity contribution in [1.29, 1.82) is 0 Å². The third-order valence-corrected chi connectivity index (χ3v) is 5.34. The quantitative estimate of drug-likeness (QED) is 0.555. The number of nitrogens with one attached hydrogen (secondary N) is 1. The van der Waals surface area contributed by atoms with Crippen LogP contribution in [-0.2, 0) is 9.59 Å². The molecule has 3 heterocycles. The van der Waals surface area contributed by atoms with Gasteiger partial charge in [-0.05, 0) is 44.1 Å². The molecule has 1 unspecified atom stereocenters. The van der Waals surface area contributed by atoms with E-state index in [4.69, 9.17) is 0 Å². The largest absolute Gasteiger partial charge is 0.480 e. The molecule has 150 valence electrons. The zero-order valence-corrected chi connectivity index (χ0v) is 16.6. The smallest absolute Gasteiger partial charge is 0.327 e. The molecule has 8 nitrogen and oxygen atoms in total. The zero-order chi connectivity index (χ0) is 20.6. The number of aromatic nitrogens is 1. The number of carbonyl (C=O) groups excluding carboxylic acids is 2. The van der Waals surface area contributed by atoms with Crippen LogP contribution >= 0.6 is 0 Å². The molecule has 28 heavy (non-hydrogen) atoms. The topological polar surface area (TPSA) is 103 Å². The summed E-state index contributed by atoms with van der Waals surface area (Å²) in [6, 6.07) is 2.23. The number of rotatable bonds is 6. The Morgan fingerprint density at radius 2 is 2.14 bits per heavy atom. The minimum Gasteiger partial charge on any atom is -0.480 e. The number of fused-ring (bicyclic) bond motifs is 1. The summed E-state index contributed by atoms with van der Waals surface area (Å²) in [6.07, 6.45) is 3.79. The van der Waals surface area contributed by atoms with Gasteiger partial charge in [0.2, 0.25) is 0 Å². The monoisotopic (exact) mass is 386 g/mol. The van der Waals surface area contributed by atoms with E-state index in [9.17, 15) is 19.5 Å². The average molecular weight is 386 g/mol. The fraction of sp³-hybridized carbons (Fsp3) is 0.500. The number of hydrogen-bond acceptors (Lipinski definition) is 5. The summed E-state index contributed by atoms with van der Waals surface area (Å²) in [5.41, 5.74) is 1.04. The molecule has 3 rings (SSSR count). The third kappa shape index (κ3) is 3.64. The number of hydrogen-bond donors (Lipinski definition) is 2. The predicted molar refractivity (Wildman–Crippen MR) is 104 cm³/mol. The predicted octanol–water partition coefficient (Wildman–Crippen LogP) is 0.850. The molecule has 2 aliphatic rings. The number of aliphatic carboxylic acids is 1. The number of carboxylic acids is 1. The molecule has 2 N–H and O–H groups in total. The maximum Gasteiger partial charge on any atom is 0.327 e. The van der Waals surface area contributed by atoms with Gasteiger partial charge in [0.25, 0.3) is 11.8 Å². The first-order chi connectivity index (χ1) is 13.1. The molecule has 0 saturated carbocycles. The second-order valence-electron chi connectivity index (χ2n) is 8.29. The van der Waals surface area contributed by atoms with Crippen LogP contribution in [0.4, 0.5) is 0 Å². The van der Waals surface area contributed by atoms with Crippen LogP contribution < -0.4 is 5.32 Å². The summed E-state index contributed by atoms with van der Waals surface area (Å²) < 4.78 is 0. The number of β-lactam (4-membered cyclic amide) rings is 1. The van der Waals surface area contributed by atoms with E-state index in [2.05, 4.69) is 10.3 Å². The minimum atomic E-state index is -0.977. The Morgan fingerprint density at radius 1 is 1.43 bits per heavy atom. The summed E-state index contributed by atoms with van der Waals surface area (Å²) in [5, 5.41) is 12.3. The van der Waals surface area contributed by atoms with Crippen LogP contribution in [0.25, 0.3) is 6.08 Å². The van der Waals surface area contributed by atoms with Crippen molar-refractivity contribution in [2.45, 2.75) is 32.4 Å². The van der Waals surface area contributed by atoms with Crippen LogP contribution in [0.15, 0.2) is 23.9 Å². The highest BCUT2D eigenvalue weighted by atomic mass is 16.4. The van der Waals surface area contributed by atoms with Gasteiger partial charge in [0.15, 0.2) is 0 Å². The molecular formula is C20H26N4O4. The number of carboxylic acid groups (broad SMARTS) is 1. The highest BCUT2D eigenvalue weighted by Gasteiger charge is 2.60. The lowest BCUT2D eigenvalue weighted by molar-refractivity contribution is -0.154. The first-order valence-corrected chi connectivity index (χ1v) is 9.28. The van der Waals surface area contributed by atoms with E-state index in [0.29, 0.717) is 29.8 Å². The molecule has 8 heteroatoms. The van der Waals surface area contributed by atoms with Gasteiger partial charge in [-0.25, -0.2) is 4.79 Å². The highest BCUT2D eigenvalue weighted by molar-refractivity contribution is 6.08. The lowest BCUT2D eigenvalue weighted by atomic mass is 9.83. The Bertz CT molecular complexity index is 846. The van der Waals surface area contributed by atoms with Crippen molar-refractivity contribution in [3.05, 3.63) is 35.2 Å². The van der Waals surface area contributed by atoms with Crippen molar-refractivity contribution in [1.82, 2.24) is 20.1 Å². The van der Waals surface area contributed by atoms with Crippen molar-refractivity contribution >= 4 is 23.9 Å². The molecule has 2 amide bonds. The maximum atomic E-state index is 12.6. The van der Waals surface area contributed by atoms with Gasteiger partial charge in [-0.15, -0.1) is 0 Å².